The van der Waals surface area contributed by atoms with Crippen LogP contribution in [0.4, 0.5) is 0 Å². The van der Waals surface area contributed by atoms with Gasteiger partial charge in [0.15, 0.2) is 0 Å². The number of carbonyl (C=O) groups excluding carboxylic acids is 1. The number of hydrogen-bond donors (Lipinski definition) is 1. The minimum atomic E-state index is -0.120. The molecule has 0 aliphatic rings. The number of thiazole rings is 1. The second kappa shape index (κ2) is 8.71. The normalized spacial score (nSPS) is 10.5. The van der Waals surface area contributed by atoms with E-state index in [1.54, 1.807) is 35.6 Å². The van der Waals surface area contributed by atoms with E-state index in [2.05, 4.69) is 10.3 Å². The highest BCUT2D eigenvalue weighted by Gasteiger charge is 2.11. The van der Waals surface area contributed by atoms with Crippen LogP contribution < -0.4 is 10.1 Å². The second-order valence-electron chi connectivity index (χ2n) is 6.52. The van der Waals surface area contributed by atoms with Gasteiger partial charge in [-0.05, 0) is 43.3 Å². The molecule has 29 heavy (non-hydrogen) atoms. The summed E-state index contributed by atoms with van der Waals surface area (Å²) in [5, 5.41) is 3.95. The molecule has 1 heterocycles. The molecule has 1 aromatic heterocycles. The molecule has 4 nitrogen and oxygen atoms in total. The number of aromatic nitrogens is 1. The highest BCUT2D eigenvalue weighted by atomic mass is 32.1. The molecule has 0 aliphatic heterocycles. The Bertz CT molecular complexity index is 1090. The Morgan fingerprint density at radius 2 is 1.52 bits per heavy atom. The molecule has 0 aliphatic carbocycles. The van der Waals surface area contributed by atoms with Crippen molar-refractivity contribution in [3.05, 3.63) is 101 Å². The van der Waals surface area contributed by atoms with E-state index in [1.807, 2.05) is 67.6 Å². The predicted octanol–water partition coefficient (Wildman–Crippen LogP) is 5.84. The second-order valence-corrected chi connectivity index (χ2v) is 7.60. The van der Waals surface area contributed by atoms with Crippen LogP contribution in [0.15, 0.2) is 84.9 Å². The van der Waals surface area contributed by atoms with Crippen molar-refractivity contribution in [1.82, 2.24) is 10.3 Å². The Balaban J connectivity index is 1.38. The van der Waals surface area contributed by atoms with Crippen molar-refractivity contribution in [2.24, 2.45) is 0 Å². The molecular formula is C24H20N2O2S. The van der Waals surface area contributed by atoms with Crippen LogP contribution in [0.3, 0.4) is 0 Å². The van der Waals surface area contributed by atoms with Crippen LogP contribution in [-0.2, 0) is 6.54 Å². The maximum atomic E-state index is 12.5. The first-order valence-electron chi connectivity index (χ1n) is 9.32. The molecule has 1 amide bonds. The molecule has 0 radical (unpaired) electrons. The summed E-state index contributed by atoms with van der Waals surface area (Å²) in [6.45, 7) is 2.43. The molecule has 0 atom stereocenters. The molecule has 144 valence electrons. The summed E-state index contributed by atoms with van der Waals surface area (Å²) in [5.41, 5.74) is 2.63. The summed E-state index contributed by atoms with van der Waals surface area (Å²) < 4.78 is 5.76. The van der Waals surface area contributed by atoms with E-state index in [-0.39, 0.29) is 5.91 Å². The summed E-state index contributed by atoms with van der Waals surface area (Å²) in [7, 11) is 0. The third kappa shape index (κ3) is 4.70. The molecule has 4 aromatic rings. The number of rotatable bonds is 6. The molecule has 3 aromatic carbocycles. The number of benzene rings is 3. The molecule has 0 saturated carbocycles. The predicted molar refractivity (Wildman–Crippen MR) is 116 cm³/mol. The van der Waals surface area contributed by atoms with E-state index in [0.29, 0.717) is 17.9 Å². The average Bonchev–Trinajstić information content (AvgIpc) is 3.14. The van der Waals surface area contributed by atoms with Gasteiger partial charge in [-0.2, -0.15) is 0 Å². The third-order valence-electron chi connectivity index (χ3n) is 4.42. The van der Waals surface area contributed by atoms with E-state index in [1.165, 1.54) is 0 Å². The fraction of sp³-hybridized carbons (Fsp3) is 0.0833. The first-order valence-corrected chi connectivity index (χ1v) is 10.1. The highest BCUT2D eigenvalue weighted by molar-refractivity contribution is 7.15. The van der Waals surface area contributed by atoms with Crippen molar-refractivity contribution >= 4 is 17.2 Å². The lowest BCUT2D eigenvalue weighted by atomic mass is 10.2. The van der Waals surface area contributed by atoms with Crippen LogP contribution in [0.1, 0.15) is 20.9 Å². The molecule has 0 unspecified atom stereocenters. The van der Waals surface area contributed by atoms with E-state index >= 15 is 0 Å². The van der Waals surface area contributed by atoms with Crippen molar-refractivity contribution in [3.63, 3.8) is 0 Å². The zero-order valence-electron chi connectivity index (χ0n) is 16.0. The number of para-hydroxylation sites is 1. The van der Waals surface area contributed by atoms with Gasteiger partial charge >= 0.3 is 0 Å². The lowest BCUT2D eigenvalue weighted by molar-refractivity contribution is 0.0951. The fourth-order valence-electron chi connectivity index (χ4n) is 2.86. The third-order valence-corrected chi connectivity index (χ3v) is 5.62. The molecule has 0 spiro atoms. The molecule has 0 bridgehead atoms. The number of nitrogens with one attached hydrogen (secondary N) is 1. The quantitative estimate of drug-likeness (QED) is 0.442. The first kappa shape index (κ1) is 18.9. The van der Waals surface area contributed by atoms with Gasteiger partial charge in [0.2, 0.25) is 0 Å². The first-order chi connectivity index (χ1) is 14.2. The van der Waals surface area contributed by atoms with Crippen molar-refractivity contribution < 1.29 is 9.53 Å². The van der Waals surface area contributed by atoms with Crippen molar-refractivity contribution in [3.8, 4) is 22.1 Å². The van der Waals surface area contributed by atoms with Gasteiger partial charge in [-0.15, -0.1) is 11.3 Å². The lowest BCUT2D eigenvalue weighted by Crippen LogP contribution is -2.22. The summed E-state index contributed by atoms with van der Waals surface area (Å²) in [6.07, 6.45) is 0. The van der Waals surface area contributed by atoms with Crippen LogP contribution >= 0.6 is 11.3 Å². The number of amides is 1. The number of ether oxygens (including phenoxy) is 1. The number of nitrogens with zero attached hydrogens (tertiary/aromatic N) is 1. The Morgan fingerprint density at radius 3 is 2.21 bits per heavy atom. The molecule has 0 saturated heterocycles. The molecule has 1 N–H and O–H groups in total. The highest BCUT2D eigenvalue weighted by Crippen LogP contribution is 2.27. The fourth-order valence-corrected chi connectivity index (χ4v) is 3.87. The molecular weight excluding hydrogens is 380 g/mol. The van der Waals surface area contributed by atoms with E-state index in [4.69, 9.17) is 4.74 Å². The van der Waals surface area contributed by atoms with Crippen LogP contribution in [-0.4, -0.2) is 10.9 Å². The zero-order valence-corrected chi connectivity index (χ0v) is 16.8. The maximum absolute atomic E-state index is 12.5. The largest absolute Gasteiger partial charge is 0.457 e. The Morgan fingerprint density at radius 1 is 0.897 bits per heavy atom. The van der Waals surface area contributed by atoms with Gasteiger partial charge < -0.3 is 10.1 Å². The van der Waals surface area contributed by atoms with Gasteiger partial charge in [-0.3, -0.25) is 4.79 Å². The van der Waals surface area contributed by atoms with Crippen LogP contribution in [0, 0.1) is 6.92 Å². The van der Waals surface area contributed by atoms with Gasteiger partial charge in [0, 0.05) is 16.0 Å². The van der Waals surface area contributed by atoms with Gasteiger partial charge in [-0.1, -0.05) is 48.5 Å². The molecule has 5 heteroatoms. The monoisotopic (exact) mass is 400 g/mol. The SMILES string of the molecule is Cc1nc(-c2ccccc2)sc1CNC(=O)c1ccc(Oc2ccccc2)cc1. The lowest BCUT2D eigenvalue weighted by Gasteiger charge is -2.07. The zero-order chi connectivity index (χ0) is 20.1. The van der Waals surface area contributed by atoms with Crippen LogP contribution in [0.2, 0.25) is 0 Å². The summed E-state index contributed by atoms with van der Waals surface area (Å²) in [4.78, 5) is 18.2. The van der Waals surface area contributed by atoms with Gasteiger partial charge in [0.25, 0.3) is 5.91 Å². The smallest absolute Gasteiger partial charge is 0.251 e. The Labute approximate surface area is 173 Å². The van der Waals surface area contributed by atoms with Crippen molar-refractivity contribution in [2.45, 2.75) is 13.5 Å². The number of aryl methyl sites for hydroxylation is 1. The van der Waals surface area contributed by atoms with E-state index in [0.717, 1.165) is 26.9 Å². The summed E-state index contributed by atoms with van der Waals surface area (Å²) in [6, 6.07) is 26.8. The number of hydrogen-bond acceptors (Lipinski definition) is 4. The average molecular weight is 401 g/mol. The summed E-state index contributed by atoms with van der Waals surface area (Å²) in [5.74, 6) is 1.34. The number of carbonyl (C=O) groups is 1. The van der Waals surface area contributed by atoms with Crippen LogP contribution in [0.25, 0.3) is 10.6 Å². The van der Waals surface area contributed by atoms with Crippen molar-refractivity contribution in [1.29, 1.82) is 0 Å². The maximum Gasteiger partial charge on any atom is 0.251 e. The Kier molecular flexibility index (Phi) is 5.68. The Hall–Kier alpha value is -3.44. The van der Waals surface area contributed by atoms with Crippen molar-refractivity contribution in [2.75, 3.05) is 0 Å². The summed E-state index contributed by atoms with van der Waals surface area (Å²) >= 11 is 1.61. The standard InChI is InChI=1S/C24H20N2O2S/c1-17-22(29-24(26-17)19-8-4-2-5-9-19)16-25-23(27)18-12-14-21(15-13-18)28-20-10-6-3-7-11-20/h2-15H,16H2,1H3,(H,25,27). The van der Waals surface area contributed by atoms with Gasteiger partial charge in [0.05, 0.1) is 12.2 Å². The topological polar surface area (TPSA) is 51.2 Å². The molecule has 4 rings (SSSR count). The minimum absolute atomic E-state index is 0.120. The van der Waals surface area contributed by atoms with Gasteiger partial charge in [-0.25, -0.2) is 4.98 Å². The van der Waals surface area contributed by atoms with Crippen LogP contribution in [0.5, 0.6) is 11.5 Å². The van der Waals surface area contributed by atoms with E-state index < -0.39 is 0 Å². The van der Waals surface area contributed by atoms with Gasteiger partial charge in [0.1, 0.15) is 16.5 Å². The minimum Gasteiger partial charge on any atom is -0.457 e. The molecule has 0 fully saturated rings. The van der Waals surface area contributed by atoms with E-state index in [9.17, 15) is 4.79 Å².